The summed E-state index contributed by atoms with van der Waals surface area (Å²) in [4.78, 5) is 4.10. The highest BCUT2D eigenvalue weighted by atomic mass is 79.9. The molecule has 2 aromatic heterocycles. The number of rotatable bonds is 5. The van der Waals surface area contributed by atoms with Crippen molar-refractivity contribution in [3.8, 4) is 17.1 Å². The molecule has 7 heteroatoms. The van der Waals surface area contributed by atoms with Crippen LogP contribution < -0.4 is 0 Å². The number of nitrogens with zero attached hydrogens (tertiary/aromatic N) is 4. The molecule has 4 rings (SSSR count). The van der Waals surface area contributed by atoms with Crippen LogP contribution in [0, 0.1) is 0 Å². The quantitative estimate of drug-likeness (QED) is 0.308. The molecular weight excluding hydrogens is 488 g/mol. The Labute approximate surface area is 178 Å². The van der Waals surface area contributed by atoms with Crippen molar-refractivity contribution in [1.82, 2.24) is 19.7 Å². The van der Waals surface area contributed by atoms with E-state index in [1.54, 1.807) is 24.2 Å². The van der Waals surface area contributed by atoms with E-state index in [9.17, 15) is 0 Å². The largest absolute Gasteiger partial charge is 0.270 e. The third kappa shape index (κ3) is 4.31. The van der Waals surface area contributed by atoms with Crippen molar-refractivity contribution in [1.29, 1.82) is 0 Å². The first-order valence-corrected chi connectivity index (χ1v) is 10.8. The lowest BCUT2D eigenvalue weighted by Gasteiger charge is -2.10. The van der Waals surface area contributed by atoms with Gasteiger partial charge in [-0.25, -0.2) is 0 Å². The van der Waals surface area contributed by atoms with Crippen LogP contribution in [0.1, 0.15) is 5.56 Å². The van der Waals surface area contributed by atoms with Crippen molar-refractivity contribution in [2.75, 3.05) is 0 Å². The molecule has 2 aromatic carbocycles. The zero-order valence-electron chi connectivity index (χ0n) is 14.1. The number of hydrogen-bond donors (Lipinski definition) is 0. The van der Waals surface area contributed by atoms with E-state index in [0.29, 0.717) is 0 Å². The van der Waals surface area contributed by atoms with Crippen molar-refractivity contribution in [2.45, 2.75) is 10.9 Å². The fraction of sp³-hybridized carbons (Fsp3) is 0.0500. The van der Waals surface area contributed by atoms with E-state index in [0.717, 1.165) is 36.9 Å². The van der Waals surface area contributed by atoms with Gasteiger partial charge in [-0.3, -0.25) is 9.55 Å². The standard InChI is InChI=1S/C20H14Br2N4S/c21-16-3-1-14(2-4-16)13-27-20-25-24-19(15-9-11-23-12-10-15)26(20)18-7-5-17(22)6-8-18/h1-12H,13H2. The third-order valence-corrected chi connectivity index (χ3v) is 6.00. The summed E-state index contributed by atoms with van der Waals surface area (Å²) in [6, 6.07) is 20.4. The van der Waals surface area contributed by atoms with Gasteiger partial charge in [-0.15, -0.1) is 10.2 Å². The molecule has 134 valence electrons. The van der Waals surface area contributed by atoms with Gasteiger partial charge in [0.1, 0.15) is 0 Å². The molecule has 4 nitrogen and oxygen atoms in total. The van der Waals surface area contributed by atoms with Gasteiger partial charge in [0.25, 0.3) is 0 Å². The summed E-state index contributed by atoms with van der Waals surface area (Å²) in [5.74, 6) is 1.62. The number of thioether (sulfide) groups is 1. The van der Waals surface area contributed by atoms with Gasteiger partial charge in [-0.05, 0) is 54.1 Å². The van der Waals surface area contributed by atoms with Crippen LogP contribution in [0.15, 0.2) is 87.2 Å². The topological polar surface area (TPSA) is 43.6 Å². The average molecular weight is 502 g/mol. The Morgan fingerprint density at radius 1 is 0.778 bits per heavy atom. The molecular formula is C20H14Br2N4S. The van der Waals surface area contributed by atoms with Crippen molar-refractivity contribution < 1.29 is 0 Å². The van der Waals surface area contributed by atoms with Crippen LogP contribution >= 0.6 is 43.6 Å². The van der Waals surface area contributed by atoms with Crippen LogP contribution in [-0.4, -0.2) is 19.7 Å². The maximum Gasteiger partial charge on any atom is 0.196 e. The Hall–Kier alpha value is -1.96. The molecule has 0 N–H and O–H groups in total. The molecule has 0 bridgehead atoms. The molecule has 0 atom stereocenters. The summed E-state index contributed by atoms with van der Waals surface area (Å²) in [6.45, 7) is 0. The predicted molar refractivity (Wildman–Crippen MR) is 116 cm³/mol. The van der Waals surface area contributed by atoms with Crippen LogP contribution in [0.3, 0.4) is 0 Å². The summed E-state index contributed by atoms with van der Waals surface area (Å²) in [5.41, 5.74) is 3.24. The summed E-state index contributed by atoms with van der Waals surface area (Å²) in [7, 11) is 0. The fourth-order valence-electron chi connectivity index (χ4n) is 2.60. The monoisotopic (exact) mass is 500 g/mol. The van der Waals surface area contributed by atoms with E-state index in [-0.39, 0.29) is 0 Å². The van der Waals surface area contributed by atoms with E-state index >= 15 is 0 Å². The number of hydrogen-bond acceptors (Lipinski definition) is 4. The van der Waals surface area contributed by atoms with Gasteiger partial charge >= 0.3 is 0 Å². The molecule has 2 heterocycles. The van der Waals surface area contributed by atoms with Gasteiger partial charge in [-0.1, -0.05) is 55.8 Å². The SMILES string of the molecule is Brc1ccc(CSc2nnc(-c3ccncc3)n2-c2ccc(Br)cc2)cc1. The molecule has 0 aliphatic carbocycles. The highest BCUT2D eigenvalue weighted by Crippen LogP contribution is 2.30. The maximum atomic E-state index is 4.46. The lowest BCUT2D eigenvalue weighted by atomic mass is 10.2. The average Bonchev–Trinajstić information content (AvgIpc) is 3.13. The summed E-state index contributed by atoms with van der Waals surface area (Å²) < 4.78 is 4.20. The molecule has 4 aromatic rings. The number of benzene rings is 2. The van der Waals surface area contributed by atoms with E-state index in [2.05, 4.69) is 88.0 Å². The molecule has 27 heavy (non-hydrogen) atoms. The van der Waals surface area contributed by atoms with Crippen LogP contribution in [0.4, 0.5) is 0 Å². The summed E-state index contributed by atoms with van der Waals surface area (Å²) in [6.07, 6.45) is 3.54. The van der Waals surface area contributed by atoms with Crippen molar-refractivity contribution in [2.24, 2.45) is 0 Å². The molecule has 0 radical (unpaired) electrons. The lowest BCUT2D eigenvalue weighted by Crippen LogP contribution is -1.99. The highest BCUT2D eigenvalue weighted by molar-refractivity contribution is 9.10. The van der Waals surface area contributed by atoms with E-state index in [1.165, 1.54) is 5.56 Å². The van der Waals surface area contributed by atoms with Crippen molar-refractivity contribution >= 4 is 43.6 Å². The van der Waals surface area contributed by atoms with Gasteiger partial charge in [0.05, 0.1) is 0 Å². The molecule has 0 spiro atoms. The Bertz CT molecular complexity index is 1030. The molecule has 0 amide bonds. The minimum Gasteiger partial charge on any atom is -0.270 e. The first kappa shape index (κ1) is 18.4. The Kier molecular flexibility index (Phi) is 5.71. The van der Waals surface area contributed by atoms with Crippen molar-refractivity contribution in [3.05, 3.63) is 87.6 Å². The zero-order valence-corrected chi connectivity index (χ0v) is 18.1. The summed E-state index contributed by atoms with van der Waals surface area (Å²) >= 11 is 8.64. The van der Waals surface area contributed by atoms with Crippen LogP contribution in [0.5, 0.6) is 0 Å². The third-order valence-electron chi connectivity index (χ3n) is 3.94. The molecule has 0 aliphatic rings. The number of aromatic nitrogens is 4. The van der Waals surface area contributed by atoms with Crippen LogP contribution in [0.2, 0.25) is 0 Å². The summed E-state index contributed by atoms with van der Waals surface area (Å²) in [5, 5.41) is 9.77. The van der Waals surface area contributed by atoms with Gasteiger partial charge in [-0.2, -0.15) is 0 Å². The van der Waals surface area contributed by atoms with Gasteiger partial charge in [0.2, 0.25) is 0 Å². The van der Waals surface area contributed by atoms with E-state index in [4.69, 9.17) is 0 Å². The first-order valence-electron chi connectivity index (χ1n) is 8.20. The second-order valence-corrected chi connectivity index (χ2v) is 8.54. The van der Waals surface area contributed by atoms with Gasteiger partial charge in [0, 0.05) is 38.3 Å². The van der Waals surface area contributed by atoms with Gasteiger partial charge in [0.15, 0.2) is 11.0 Å². The molecule has 0 fully saturated rings. The first-order chi connectivity index (χ1) is 13.2. The molecule has 0 saturated carbocycles. The minimum absolute atomic E-state index is 0.804. The van der Waals surface area contributed by atoms with E-state index < -0.39 is 0 Å². The molecule has 0 unspecified atom stereocenters. The van der Waals surface area contributed by atoms with Crippen LogP contribution in [0.25, 0.3) is 17.1 Å². The van der Waals surface area contributed by atoms with Crippen molar-refractivity contribution in [3.63, 3.8) is 0 Å². The number of pyridine rings is 1. The Balaban J connectivity index is 1.71. The second-order valence-electron chi connectivity index (χ2n) is 5.77. The fourth-order valence-corrected chi connectivity index (χ4v) is 4.04. The maximum absolute atomic E-state index is 4.46. The lowest BCUT2D eigenvalue weighted by molar-refractivity contribution is 0.885. The predicted octanol–water partition coefficient (Wildman–Crippen LogP) is 6.15. The minimum atomic E-state index is 0.804. The second kappa shape index (κ2) is 8.37. The van der Waals surface area contributed by atoms with Crippen LogP contribution in [-0.2, 0) is 5.75 Å². The van der Waals surface area contributed by atoms with E-state index in [1.807, 2.05) is 24.3 Å². The Morgan fingerprint density at radius 3 is 2.07 bits per heavy atom. The smallest absolute Gasteiger partial charge is 0.196 e. The zero-order chi connectivity index (χ0) is 18.6. The highest BCUT2D eigenvalue weighted by Gasteiger charge is 2.16. The number of halogens is 2. The normalized spacial score (nSPS) is 10.9. The molecule has 0 aliphatic heterocycles. The Morgan fingerprint density at radius 2 is 1.41 bits per heavy atom. The van der Waals surface area contributed by atoms with Gasteiger partial charge < -0.3 is 0 Å². The molecule has 0 saturated heterocycles.